The average Bonchev–Trinajstić information content (AvgIpc) is 2.72. The van der Waals surface area contributed by atoms with Crippen LogP contribution in [0.2, 0.25) is 0 Å². The number of carbonyl (C=O) groups is 2. The van der Waals surface area contributed by atoms with Crippen LogP contribution in [0.25, 0.3) is 0 Å². The molecule has 2 unspecified atom stereocenters. The van der Waals surface area contributed by atoms with Crippen LogP contribution in [0.3, 0.4) is 0 Å². The lowest BCUT2D eigenvalue weighted by Gasteiger charge is -2.40. The van der Waals surface area contributed by atoms with Gasteiger partial charge in [-0.1, -0.05) is 65.0 Å². The monoisotopic (exact) mass is 427 g/mol. The first-order valence-corrected chi connectivity index (χ1v) is 12.2. The highest BCUT2D eigenvalue weighted by molar-refractivity contribution is 5.91. The molecule has 31 heavy (non-hydrogen) atoms. The van der Waals surface area contributed by atoms with E-state index >= 15 is 0 Å². The van der Waals surface area contributed by atoms with Crippen molar-refractivity contribution in [3.05, 3.63) is 29.8 Å². The molecule has 2 atom stereocenters. The van der Waals surface area contributed by atoms with Crippen LogP contribution in [0.1, 0.15) is 90.5 Å². The molecule has 2 fully saturated rings. The molecule has 172 valence electrons. The van der Waals surface area contributed by atoms with Crippen molar-refractivity contribution in [2.75, 3.05) is 5.32 Å². The van der Waals surface area contributed by atoms with Crippen LogP contribution in [0.5, 0.6) is 0 Å². The van der Waals surface area contributed by atoms with Gasteiger partial charge in [-0.15, -0.1) is 0 Å². The number of anilines is 1. The molecule has 3 rings (SSSR count). The number of hydrogen-bond donors (Lipinski definition) is 2. The summed E-state index contributed by atoms with van der Waals surface area (Å²) in [7, 11) is 0. The fraction of sp³-hybridized carbons (Fsp3) is 0.692. The molecule has 0 bridgehead atoms. The molecule has 2 aliphatic rings. The lowest BCUT2D eigenvalue weighted by molar-refractivity contribution is -0.141. The second-order valence-corrected chi connectivity index (χ2v) is 10.8. The molecule has 0 spiro atoms. The quantitative estimate of drug-likeness (QED) is 0.652. The normalized spacial score (nSPS) is 22.7. The van der Waals surface area contributed by atoms with E-state index in [9.17, 15) is 9.59 Å². The van der Waals surface area contributed by atoms with Gasteiger partial charge in [-0.3, -0.25) is 9.59 Å². The maximum absolute atomic E-state index is 13.5. The number of carbonyl (C=O) groups excluding carboxylic acids is 2. The van der Waals surface area contributed by atoms with Gasteiger partial charge in [-0.05, 0) is 48.8 Å². The van der Waals surface area contributed by atoms with Crippen molar-refractivity contribution in [2.24, 2.45) is 17.1 Å². The maximum Gasteiger partial charge on any atom is 0.226 e. The summed E-state index contributed by atoms with van der Waals surface area (Å²) in [4.78, 5) is 27.8. The van der Waals surface area contributed by atoms with Gasteiger partial charge in [0.1, 0.15) is 0 Å². The number of benzene rings is 1. The first kappa shape index (κ1) is 23.8. The Morgan fingerprint density at radius 1 is 0.968 bits per heavy atom. The summed E-state index contributed by atoms with van der Waals surface area (Å²) < 4.78 is 0. The van der Waals surface area contributed by atoms with Crippen molar-refractivity contribution in [1.29, 1.82) is 0 Å². The molecular formula is C26H41N3O2. The van der Waals surface area contributed by atoms with E-state index in [0.29, 0.717) is 18.9 Å². The number of hydrogen-bond acceptors (Lipinski definition) is 3. The summed E-state index contributed by atoms with van der Waals surface area (Å²) in [6.07, 6.45) is 10.4. The van der Waals surface area contributed by atoms with Gasteiger partial charge in [0.15, 0.2) is 0 Å². The molecular weight excluding hydrogens is 386 g/mol. The zero-order chi connectivity index (χ0) is 22.4. The van der Waals surface area contributed by atoms with Crippen LogP contribution in [0, 0.1) is 11.3 Å². The SMILES string of the molecule is CC(C)(C)CC(=O)Nc1ccc(CN(C(=O)C2CCCCC2)C2CCCCC2N)cc1. The Balaban J connectivity index is 1.69. The highest BCUT2D eigenvalue weighted by Crippen LogP contribution is 2.30. The first-order chi connectivity index (χ1) is 14.7. The molecule has 0 heterocycles. The van der Waals surface area contributed by atoms with E-state index in [-0.39, 0.29) is 29.3 Å². The zero-order valence-corrected chi connectivity index (χ0v) is 19.7. The summed E-state index contributed by atoms with van der Waals surface area (Å²) in [5.41, 5.74) is 8.35. The largest absolute Gasteiger partial charge is 0.334 e. The Bertz CT molecular complexity index is 732. The molecule has 1 aromatic carbocycles. The predicted octanol–water partition coefficient (Wildman–Crippen LogP) is 5.24. The Labute approximate surface area is 188 Å². The summed E-state index contributed by atoms with van der Waals surface area (Å²) in [5.74, 6) is 0.478. The summed E-state index contributed by atoms with van der Waals surface area (Å²) in [6, 6.07) is 8.15. The van der Waals surface area contributed by atoms with E-state index < -0.39 is 0 Å². The van der Waals surface area contributed by atoms with Crippen LogP contribution in [-0.2, 0) is 16.1 Å². The van der Waals surface area contributed by atoms with E-state index in [1.807, 2.05) is 24.3 Å². The molecule has 2 amide bonds. The van der Waals surface area contributed by atoms with E-state index in [0.717, 1.165) is 62.6 Å². The van der Waals surface area contributed by atoms with Crippen LogP contribution in [0.4, 0.5) is 5.69 Å². The lowest BCUT2D eigenvalue weighted by Crippen LogP contribution is -2.53. The van der Waals surface area contributed by atoms with E-state index in [1.54, 1.807) is 0 Å². The molecule has 0 saturated heterocycles. The van der Waals surface area contributed by atoms with Gasteiger partial charge in [0.25, 0.3) is 0 Å². The van der Waals surface area contributed by atoms with E-state index in [4.69, 9.17) is 5.73 Å². The zero-order valence-electron chi connectivity index (χ0n) is 19.7. The maximum atomic E-state index is 13.5. The molecule has 5 heteroatoms. The number of rotatable bonds is 6. The molecule has 1 aromatic rings. The van der Waals surface area contributed by atoms with Crippen molar-refractivity contribution in [3.8, 4) is 0 Å². The Hall–Kier alpha value is -1.88. The molecule has 2 aliphatic carbocycles. The predicted molar refractivity (Wildman–Crippen MR) is 127 cm³/mol. The van der Waals surface area contributed by atoms with Gasteiger partial charge < -0.3 is 16.0 Å². The third-order valence-corrected chi connectivity index (χ3v) is 6.70. The average molecular weight is 428 g/mol. The number of nitrogens with two attached hydrogens (primary N) is 1. The molecule has 5 nitrogen and oxygen atoms in total. The number of nitrogens with zero attached hydrogens (tertiary/aromatic N) is 1. The van der Waals surface area contributed by atoms with Gasteiger partial charge in [-0.25, -0.2) is 0 Å². The highest BCUT2D eigenvalue weighted by Gasteiger charge is 2.34. The van der Waals surface area contributed by atoms with Gasteiger partial charge in [-0.2, -0.15) is 0 Å². The van der Waals surface area contributed by atoms with Crippen molar-refractivity contribution in [3.63, 3.8) is 0 Å². The summed E-state index contributed by atoms with van der Waals surface area (Å²) >= 11 is 0. The fourth-order valence-electron chi connectivity index (χ4n) is 5.05. The van der Waals surface area contributed by atoms with Gasteiger partial charge >= 0.3 is 0 Å². The number of nitrogens with one attached hydrogen (secondary N) is 1. The minimum Gasteiger partial charge on any atom is -0.334 e. The fourth-order valence-corrected chi connectivity index (χ4v) is 5.05. The second-order valence-electron chi connectivity index (χ2n) is 10.8. The molecule has 0 aliphatic heterocycles. The van der Waals surface area contributed by atoms with Crippen molar-refractivity contribution in [1.82, 2.24) is 4.90 Å². The van der Waals surface area contributed by atoms with Crippen LogP contribution in [0.15, 0.2) is 24.3 Å². The smallest absolute Gasteiger partial charge is 0.226 e. The van der Waals surface area contributed by atoms with Crippen molar-refractivity contribution >= 4 is 17.5 Å². The highest BCUT2D eigenvalue weighted by atomic mass is 16.2. The third-order valence-electron chi connectivity index (χ3n) is 6.70. The Morgan fingerprint density at radius 3 is 2.19 bits per heavy atom. The van der Waals surface area contributed by atoms with Gasteiger partial charge in [0, 0.05) is 36.7 Å². The summed E-state index contributed by atoms with van der Waals surface area (Å²) in [5, 5.41) is 2.98. The van der Waals surface area contributed by atoms with Crippen LogP contribution in [-0.4, -0.2) is 28.8 Å². The molecule has 0 aromatic heterocycles. The lowest BCUT2D eigenvalue weighted by atomic mass is 9.85. The topological polar surface area (TPSA) is 75.4 Å². The Kier molecular flexibility index (Phi) is 8.15. The first-order valence-electron chi connectivity index (χ1n) is 12.2. The second kappa shape index (κ2) is 10.6. The van der Waals surface area contributed by atoms with Crippen molar-refractivity contribution in [2.45, 2.75) is 104 Å². The summed E-state index contributed by atoms with van der Waals surface area (Å²) in [6.45, 7) is 6.78. The molecule has 0 radical (unpaired) electrons. The van der Waals surface area contributed by atoms with E-state index in [1.165, 1.54) is 6.42 Å². The molecule has 3 N–H and O–H groups in total. The van der Waals surface area contributed by atoms with Gasteiger partial charge in [0.2, 0.25) is 11.8 Å². The van der Waals surface area contributed by atoms with E-state index in [2.05, 4.69) is 31.0 Å². The van der Waals surface area contributed by atoms with Crippen molar-refractivity contribution < 1.29 is 9.59 Å². The standard InChI is InChI=1S/C26H41N3O2/c1-26(2,3)17-24(30)28-21-15-13-19(14-16-21)18-29(23-12-8-7-11-22(23)27)25(31)20-9-5-4-6-10-20/h13-16,20,22-23H,4-12,17-18,27H2,1-3H3,(H,28,30). The van der Waals surface area contributed by atoms with Crippen LogP contribution >= 0.6 is 0 Å². The number of amides is 2. The minimum atomic E-state index is -0.0389. The minimum absolute atomic E-state index is 0.0301. The van der Waals surface area contributed by atoms with Gasteiger partial charge in [0.05, 0.1) is 0 Å². The third kappa shape index (κ3) is 7.06. The van der Waals surface area contributed by atoms with Crippen LogP contribution < -0.4 is 11.1 Å². The molecule has 2 saturated carbocycles. The Morgan fingerprint density at radius 2 is 1.58 bits per heavy atom.